The second kappa shape index (κ2) is 7.68. The van der Waals surface area contributed by atoms with E-state index in [2.05, 4.69) is 15.5 Å². The van der Waals surface area contributed by atoms with Crippen LogP contribution in [0.4, 0.5) is 11.4 Å². The van der Waals surface area contributed by atoms with Crippen LogP contribution in [0, 0.1) is 10.1 Å². The Hall–Kier alpha value is -3.18. The molecule has 2 aromatic carbocycles. The molecular weight excluding hydrogens is 414 g/mol. The summed E-state index contributed by atoms with van der Waals surface area (Å²) in [7, 11) is 1.43. The highest BCUT2D eigenvalue weighted by Gasteiger charge is 2.22. The minimum atomic E-state index is -0.526. The van der Waals surface area contributed by atoms with Gasteiger partial charge in [0.05, 0.1) is 33.2 Å². The maximum absolute atomic E-state index is 12.7. The number of ether oxygens (including phenoxy) is 1. The van der Waals surface area contributed by atoms with Crippen molar-refractivity contribution < 1.29 is 14.5 Å². The summed E-state index contributed by atoms with van der Waals surface area (Å²) in [5.74, 6) is 0.0138. The molecule has 148 valence electrons. The molecule has 0 saturated heterocycles. The smallest absolute Gasteiger partial charge is 0.271 e. The summed E-state index contributed by atoms with van der Waals surface area (Å²) in [4.78, 5) is 24.0. The van der Waals surface area contributed by atoms with Gasteiger partial charge in [-0.25, -0.2) is 0 Å². The predicted molar refractivity (Wildman–Crippen MR) is 112 cm³/mol. The number of aromatic nitrogens is 3. The quantitative estimate of drug-likeness (QED) is 0.280. The van der Waals surface area contributed by atoms with Crippen molar-refractivity contribution in [1.82, 2.24) is 14.6 Å². The normalized spacial score (nSPS) is 12.2. The van der Waals surface area contributed by atoms with Crippen molar-refractivity contribution in [3.05, 3.63) is 52.6 Å². The predicted octanol–water partition coefficient (Wildman–Crippen LogP) is 3.98. The summed E-state index contributed by atoms with van der Waals surface area (Å²) in [6.45, 7) is 1.74. The molecule has 1 atom stereocenters. The number of thiazole rings is 1. The van der Waals surface area contributed by atoms with E-state index in [-0.39, 0.29) is 17.3 Å². The van der Waals surface area contributed by atoms with E-state index >= 15 is 0 Å². The van der Waals surface area contributed by atoms with Crippen molar-refractivity contribution in [1.29, 1.82) is 0 Å². The van der Waals surface area contributed by atoms with Gasteiger partial charge in [-0.15, -0.1) is 10.2 Å². The monoisotopic (exact) mass is 429 g/mol. The summed E-state index contributed by atoms with van der Waals surface area (Å²) >= 11 is 2.78. The van der Waals surface area contributed by atoms with E-state index in [0.717, 1.165) is 15.2 Å². The highest BCUT2D eigenvalue weighted by Crippen LogP contribution is 2.33. The molecule has 0 aliphatic carbocycles. The summed E-state index contributed by atoms with van der Waals surface area (Å²) in [6.07, 6.45) is 0. The molecule has 1 N–H and O–H groups in total. The Balaban J connectivity index is 1.57. The number of nitro benzene ring substituents is 1. The second-order valence-electron chi connectivity index (χ2n) is 6.06. The first-order chi connectivity index (χ1) is 14.0. The molecule has 9 nitrogen and oxygen atoms in total. The van der Waals surface area contributed by atoms with Gasteiger partial charge in [0.2, 0.25) is 10.9 Å². The topological polar surface area (TPSA) is 112 Å². The first-order valence-corrected chi connectivity index (χ1v) is 10.2. The second-order valence-corrected chi connectivity index (χ2v) is 8.38. The van der Waals surface area contributed by atoms with E-state index in [9.17, 15) is 14.9 Å². The molecule has 11 heteroatoms. The zero-order valence-electron chi connectivity index (χ0n) is 15.4. The Morgan fingerprint density at radius 3 is 2.86 bits per heavy atom. The van der Waals surface area contributed by atoms with Crippen molar-refractivity contribution in [2.45, 2.75) is 17.3 Å². The summed E-state index contributed by atoms with van der Waals surface area (Å²) in [6, 6.07) is 11.9. The first-order valence-electron chi connectivity index (χ1n) is 8.50. The molecule has 2 heterocycles. The fraction of sp³-hybridized carbons (Fsp3) is 0.167. The van der Waals surface area contributed by atoms with Gasteiger partial charge in [0.15, 0.2) is 5.16 Å². The molecule has 0 unspecified atom stereocenters. The van der Waals surface area contributed by atoms with Crippen LogP contribution >= 0.6 is 23.1 Å². The first kappa shape index (κ1) is 19.2. The highest BCUT2D eigenvalue weighted by molar-refractivity contribution is 8.00. The van der Waals surface area contributed by atoms with Crippen molar-refractivity contribution in [2.75, 3.05) is 12.4 Å². The number of carbonyl (C=O) groups excluding carboxylic acids is 1. The van der Waals surface area contributed by atoms with E-state index in [1.165, 1.54) is 48.4 Å². The number of fused-ring (bicyclic) bond motifs is 3. The lowest BCUT2D eigenvalue weighted by Gasteiger charge is -2.13. The van der Waals surface area contributed by atoms with Gasteiger partial charge in [-0.3, -0.25) is 19.3 Å². The van der Waals surface area contributed by atoms with Gasteiger partial charge in [0, 0.05) is 12.1 Å². The van der Waals surface area contributed by atoms with Crippen LogP contribution in [0.15, 0.2) is 47.6 Å². The zero-order valence-corrected chi connectivity index (χ0v) is 17.0. The van der Waals surface area contributed by atoms with Crippen molar-refractivity contribution in [2.24, 2.45) is 0 Å². The third kappa shape index (κ3) is 3.61. The number of hydrogen-bond acceptors (Lipinski definition) is 8. The molecule has 0 fully saturated rings. The molecule has 29 heavy (non-hydrogen) atoms. The summed E-state index contributed by atoms with van der Waals surface area (Å²) < 4.78 is 8.19. The summed E-state index contributed by atoms with van der Waals surface area (Å²) in [5, 5.41) is 22.2. The van der Waals surface area contributed by atoms with E-state index in [1.54, 1.807) is 6.92 Å². The number of nitro groups is 1. The average molecular weight is 429 g/mol. The fourth-order valence-corrected chi connectivity index (χ4v) is 4.67. The Morgan fingerprint density at radius 2 is 2.10 bits per heavy atom. The van der Waals surface area contributed by atoms with Gasteiger partial charge < -0.3 is 10.1 Å². The van der Waals surface area contributed by atoms with Gasteiger partial charge in [0.1, 0.15) is 5.75 Å². The number of methoxy groups -OCH3 is 1. The van der Waals surface area contributed by atoms with Crippen LogP contribution in [0.5, 0.6) is 5.75 Å². The maximum Gasteiger partial charge on any atom is 0.271 e. The number of carbonyl (C=O) groups is 1. The van der Waals surface area contributed by atoms with E-state index in [0.29, 0.717) is 10.9 Å². The van der Waals surface area contributed by atoms with Gasteiger partial charge >= 0.3 is 0 Å². The molecule has 1 amide bonds. The third-order valence-electron chi connectivity index (χ3n) is 4.21. The summed E-state index contributed by atoms with van der Waals surface area (Å²) in [5.41, 5.74) is 1.09. The fourth-order valence-electron chi connectivity index (χ4n) is 2.78. The van der Waals surface area contributed by atoms with Crippen molar-refractivity contribution >= 4 is 55.6 Å². The number of rotatable bonds is 6. The van der Waals surface area contributed by atoms with Crippen LogP contribution in [-0.2, 0) is 4.79 Å². The minimum absolute atomic E-state index is 0.134. The van der Waals surface area contributed by atoms with Gasteiger partial charge in [-0.1, -0.05) is 35.2 Å². The molecule has 0 radical (unpaired) electrons. The van der Waals surface area contributed by atoms with Gasteiger partial charge in [-0.2, -0.15) is 0 Å². The minimum Gasteiger partial charge on any atom is -0.495 e. The average Bonchev–Trinajstić information content (AvgIpc) is 3.27. The highest BCUT2D eigenvalue weighted by atomic mass is 32.2. The van der Waals surface area contributed by atoms with Crippen LogP contribution in [0.1, 0.15) is 6.92 Å². The number of anilines is 1. The molecule has 2 aromatic heterocycles. The molecule has 4 aromatic rings. The third-order valence-corrected chi connectivity index (χ3v) is 6.27. The molecule has 0 aliphatic heterocycles. The standard InChI is InChI=1S/C18H15N5O4S2/c1-10(16(24)19-12-9-11(23(25)26)7-8-14(12)27-2)28-17-20-21-18-22(17)13-5-3-4-6-15(13)29-18/h3-10H,1-2H3,(H,19,24)/t10-/m1/s1. The SMILES string of the molecule is COc1ccc([N+](=O)[O-])cc1NC(=O)[C@@H](C)Sc1nnc2sc3ccccc3n12. The number of hydrogen-bond donors (Lipinski definition) is 1. The lowest BCUT2D eigenvalue weighted by atomic mass is 10.2. The largest absolute Gasteiger partial charge is 0.495 e. The molecule has 4 rings (SSSR count). The van der Waals surface area contributed by atoms with Crippen molar-refractivity contribution in [3.63, 3.8) is 0 Å². The Bertz CT molecular complexity index is 1240. The molecule has 0 bridgehead atoms. The lowest BCUT2D eigenvalue weighted by molar-refractivity contribution is -0.384. The lowest BCUT2D eigenvalue weighted by Crippen LogP contribution is -2.23. The van der Waals surface area contributed by atoms with Crippen LogP contribution in [0.25, 0.3) is 15.2 Å². The Morgan fingerprint density at radius 1 is 1.31 bits per heavy atom. The number of benzene rings is 2. The maximum atomic E-state index is 12.7. The zero-order chi connectivity index (χ0) is 20.5. The number of nitrogens with zero attached hydrogens (tertiary/aromatic N) is 4. The number of nitrogens with one attached hydrogen (secondary N) is 1. The van der Waals surface area contributed by atoms with Crippen LogP contribution < -0.4 is 10.1 Å². The number of thioether (sulfide) groups is 1. The molecular formula is C18H15N5O4S2. The van der Waals surface area contributed by atoms with E-state index < -0.39 is 10.2 Å². The number of non-ortho nitro benzene ring substituents is 1. The number of para-hydroxylation sites is 1. The Labute approximate surface area is 172 Å². The van der Waals surface area contributed by atoms with Crippen LogP contribution in [-0.4, -0.2) is 37.8 Å². The van der Waals surface area contributed by atoms with Gasteiger partial charge in [0.25, 0.3) is 5.69 Å². The molecule has 0 aliphatic rings. The van der Waals surface area contributed by atoms with Gasteiger partial charge in [-0.05, 0) is 25.1 Å². The molecule has 0 saturated carbocycles. The molecule has 0 spiro atoms. The van der Waals surface area contributed by atoms with Crippen LogP contribution in [0.2, 0.25) is 0 Å². The van der Waals surface area contributed by atoms with E-state index in [1.807, 2.05) is 28.7 Å². The Kier molecular flexibility index (Phi) is 5.07. The van der Waals surface area contributed by atoms with Crippen LogP contribution in [0.3, 0.4) is 0 Å². The van der Waals surface area contributed by atoms with E-state index in [4.69, 9.17) is 4.74 Å². The van der Waals surface area contributed by atoms with Crippen molar-refractivity contribution in [3.8, 4) is 5.75 Å². The number of amides is 1.